The number of para-hydroxylation sites is 1. The monoisotopic (exact) mass is 371 g/mol. The topological polar surface area (TPSA) is 57.2 Å². The van der Waals surface area contributed by atoms with Gasteiger partial charge in [-0.05, 0) is 30.2 Å². The molecule has 0 bridgehead atoms. The van der Waals surface area contributed by atoms with Gasteiger partial charge in [-0.2, -0.15) is 0 Å². The molecule has 0 fully saturated rings. The van der Waals surface area contributed by atoms with Gasteiger partial charge >= 0.3 is 0 Å². The van der Waals surface area contributed by atoms with Crippen LogP contribution in [0.2, 0.25) is 0 Å². The SMILES string of the molecule is COc1cccc(OCCN(C)C(=O)[C@H]2COc3c(cccc3OC)C2)c1. The summed E-state index contributed by atoms with van der Waals surface area (Å²) < 4.78 is 22.0. The van der Waals surface area contributed by atoms with Crippen LogP contribution in [0.25, 0.3) is 0 Å². The largest absolute Gasteiger partial charge is 0.497 e. The fourth-order valence-corrected chi connectivity index (χ4v) is 3.13. The lowest BCUT2D eigenvalue weighted by Gasteiger charge is -2.29. The second kappa shape index (κ2) is 8.66. The molecule has 2 aromatic carbocycles. The molecule has 1 heterocycles. The van der Waals surface area contributed by atoms with Crippen LogP contribution in [0.4, 0.5) is 0 Å². The zero-order valence-corrected chi connectivity index (χ0v) is 15.9. The lowest BCUT2D eigenvalue weighted by molar-refractivity contribution is -0.135. The highest BCUT2D eigenvalue weighted by Gasteiger charge is 2.29. The van der Waals surface area contributed by atoms with Gasteiger partial charge in [-0.25, -0.2) is 0 Å². The molecule has 0 saturated heterocycles. The second-order valence-electron chi connectivity index (χ2n) is 6.45. The Labute approximate surface area is 159 Å². The molecule has 0 unspecified atom stereocenters. The molecule has 6 heteroatoms. The summed E-state index contributed by atoms with van der Waals surface area (Å²) in [4.78, 5) is 14.4. The Morgan fingerprint density at radius 1 is 1.15 bits per heavy atom. The van der Waals surface area contributed by atoms with E-state index in [2.05, 4.69) is 0 Å². The Morgan fingerprint density at radius 3 is 2.70 bits per heavy atom. The number of nitrogens with zero attached hydrogens (tertiary/aromatic N) is 1. The number of hydrogen-bond acceptors (Lipinski definition) is 5. The normalized spacial score (nSPS) is 15.3. The van der Waals surface area contributed by atoms with Crippen LogP contribution in [0.5, 0.6) is 23.0 Å². The number of ether oxygens (including phenoxy) is 4. The highest BCUT2D eigenvalue weighted by Crippen LogP contribution is 2.36. The molecule has 0 saturated carbocycles. The number of carbonyl (C=O) groups excluding carboxylic acids is 1. The molecule has 1 amide bonds. The van der Waals surface area contributed by atoms with E-state index in [1.54, 1.807) is 26.2 Å². The minimum atomic E-state index is -0.202. The number of rotatable bonds is 7. The summed E-state index contributed by atoms with van der Waals surface area (Å²) in [6.45, 7) is 1.26. The first-order chi connectivity index (χ1) is 13.1. The Balaban J connectivity index is 1.53. The van der Waals surface area contributed by atoms with Crippen LogP contribution in [0, 0.1) is 5.92 Å². The van der Waals surface area contributed by atoms with E-state index in [9.17, 15) is 4.79 Å². The van der Waals surface area contributed by atoms with Gasteiger partial charge in [-0.15, -0.1) is 0 Å². The van der Waals surface area contributed by atoms with E-state index in [1.165, 1.54) is 0 Å². The molecular weight excluding hydrogens is 346 g/mol. The zero-order chi connectivity index (χ0) is 19.2. The molecule has 0 N–H and O–H groups in total. The Kier molecular flexibility index (Phi) is 6.06. The molecule has 144 valence electrons. The maximum atomic E-state index is 12.7. The lowest BCUT2D eigenvalue weighted by Crippen LogP contribution is -2.40. The molecule has 0 aliphatic carbocycles. The van der Waals surface area contributed by atoms with E-state index in [0.717, 1.165) is 22.8 Å². The van der Waals surface area contributed by atoms with Gasteiger partial charge in [-0.3, -0.25) is 4.79 Å². The molecule has 27 heavy (non-hydrogen) atoms. The highest BCUT2D eigenvalue weighted by atomic mass is 16.5. The van der Waals surface area contributed by atoms with Crippen molar-refractivity contribution in [2.45, 2.75) is 6.42 Å². The van der Waals surface area contributed by atoms with Crippen LogP contribution in [0.15, 0.2) is 42.5 Å². The van der Waals surface area contributed by atoms with Crippen molar-refractivity contribution in [2.75, 3.05) is 41.0 Å². The number of amides is 1. The molecule has 1 aliphatic heterocycles. The van der Waals surface area contributed by atoms with E-state index >= 15 is 0 Å². The minimum Gasteiger partial charge on any atom is -0.497 e. The van der Waals surface area contributed by atoms with Crippen molar-refractivity contribution in [1.29, 1.82) is 0 Å². The molecule has 0 aromatic heterocycles. The van der Waals surface area contributed by atoms with E-state index in [1.807, 2.05) is 42.5 Å². The minimum absolute atomic E-state index is 0.0534. The predicted octanol–water partition coefficient (Wildman–Crippen LogP) is 2.79. The maximum absolute atomic E-state index is 12.7. The van der Waals surface area contributed by atoms with Crippen LogP contribution in [-0.4, -0.2) is 51.8 Å². The van der Waals surface area contributed by atoms with Crippen molar-refractivity contribution >= 4 is 5.91 Å². The highest BCUT2D eigenvalue weighted by molar-refractivity contribution is 5.79. The first-order valence-electron chi connectivity index (χ1n) is 8.93. The molecule has 0 spiro atoms. The molecule has 1 atom stereocenters. The standard InChI is InChI=1S/C21H25NO5/c1-22(10-11-26-18-8-5-7-17(13-18)24-2)21(23)16-12-15-6-4-9-19(25-3)20(15)27-14-16/h4-9,13,16H,10-12,14H2,1-3H3/t16-/m1/s1. The van der Waals surface area contributed by atoms with E-state index in [-0.39, 0.29) is 11.8 Å². The summed E-state index contributed by atoms with van der Waals surface area (Å²) in [5.74, 6) is 2.76. The van der Waals surface area contributed by atoms with Gasteiger partial charge in [0.05, 0.1) is 26.7 Å². The van der Waals surface area contributed by atoms with Crippen LogP contribution >= 0.6 is 0 Å². The third kappa shape index (κ3) is 4.45. The fourth-order valence-electron chi connectivity index (χ4n) is 3.13. The number of fused-ring (bicyclic) bond motifs is 1. The summed E-state index contributed by atoms with van der Waals surface area (Å²) >= 11 is 0. The van der Waals surface area contributed by atoms with Gasteiger partial charge < -0.3 is 23.8 Å². The molecular formula is C21H25NO5. The van der Waals surface area contributed by atoms with Gasteiger partial charge in [0.2, 0.25) is 5.91 Å². The van der Waals surface area contributed by atoms with Crippen molar-refractivity contribution in [3.63, 3.8) is 0 Å². The molecule has 6 nitrogen and oxygen atoms in total. The Hall–Kier alpha value is -2.89. The number of likely N-dealkylation sites (N-methyl/N-ethyl adjacent to an activating group) is 1. The molecule has 0 radical (unpaired) electrons. The second-order valence-corrected chi connectivity index (χ2v) is 6.45. The van der Waals surface area contributed by atoms with Gasteiger partial charge in [0.25, 0.3) is 0 Å². The van der Waals surface area contributed by atoms with Crippen LogP contribution < -0.4 is 18.9 Å². The van der Waals surface area contributed by atoms with Crippen molar-refractivity contribution in [2.24, 2.45) is 5.92 Å². The predicted molar refractivity (Wildman–Crippen MR) is 102 cm³/mol. The average molecular weight is 371 g/mol. The summed E-state index contributed by atoms with van der Waals surface area (Å²) in [5, 5.41) is 0. The molecule has 1 aliphatic rings. The summed E-state index contributed by atoms with van der Waals surface area (Å²) in [7, 11) is 5.02. The van der Waals surface area contributed by atoms with Crippen LogP contribution in [0.1, 0.15) is 5.56 Å². The smallest absolute Gasteiger partial charge is 0.229 e. The first kappa shape index (κ1) is 18.9. The number of hydrogen-bond donors (Lipinski definition) is 0. The van der Waals surface area contributed by atoms with Crippen molar-refractivity contribution < 1.29 is 23.7 Å². The quantitative estimate of drug-likeness (QED) is 0.749. The fraction of sp³-hybridized carbons (Fsp3) is 0.381. The van der Waals surface area contributed by atoms with Gasteiger partial charge in [-0.1, -0.05) is 18.2 Å². The Morgan fingerprint density at radius 2 is 1.93 bits per heavy atom. The van der Waals surface area contributed by atoms with E-state index in [4.69, 9.17) is 18.9 Å². The first-order valence-corrected chi connectivity index (χ1v) is 8.93. The lowest BCUT2D eigenvalue weighted by atomic mass is 9.95. The molecule has 2 aromatic rings. The van der Waals surface area contributed by atoms with Gasteiger partial charge in [0, 0.05) is 13.1 Å². The van der Waals surface area contributed by atoms with E-state index < -0.39 is 0 Å². The molecule has 3 rings (SSSR count). The maximum Gasteiger partial charge on any atom is 0.229 e. The number of methoxy groups -OCH3 is 2. The van der Waals surface area contributed by atoms with Crippen molar-refractivity contribution in [3.05, 3.63) is 48.0 Å². The van der Waals surface area contributed by atoms with Gasteiger partial charge in [0.15, 0.2) is 11.5 Å². The average Bonchev–Trinajstić information content (AvgIpc) is 2.72. The van der Waals surface area contributed by atoms with Crippen molar-refractivity contribution in [3.8, 4) is 23.0 Å². The zero-order valence-electron chi connectivity index (χ0n) is 15.9. The third-order valence-corrected chi connectivity index (χ3v) is 4.64. The summed E-state index contributed by atoms with van der Waals surface area (Å²) in [6.07, 6.45) is 0.645. The van der Waals surface area contributed by atoms with E-state index in [0.29, 0.717) is 31.9 Å². The van der Waals surface area contributed by atoms with Crippen LogP contribution in [0.3, 0.4) is 0 Å². The number of benzene rings is 2. The van der Waals surface area contributed by atoms with Crippen molar-refractivity contribution in [1.82, 2.24) is 4.90 Å². The number of carbonyl (C=O) groups is 1. The summed E-state index contributed by atoms with van der Waals surface area (Å²) in [5.41, 5.74) is 1.000. The Bertz CT molecular complexity index is 792. The third-order valence-electron chi connectivity index (χ3n) is 4.64. The summed E-state index contributed by atoms with van der Waals surface area (Å²) in [6, 6.07) is 13.2. The van der Waals surface area contributed by atoms with Crippen LogP contribution in [-0.2, 0) is 11.2 Å². The van der Waals surface area contributed by atoms with Gasteiger partial charge in [0.1, 0.15) is 24.7 Å².